The number of aryl methyl sites for hydroxylation is 2. The van der Waals surface area contributed by atoms with E-state index in [4.69, 9.17) is 0 Å². The van der Waals surface area contributed by atoms with Crippen LogP contribution in [0.4, 0.5) is 4.79 Å². The van der Waals surface area contributed by atoms with Crippen LogP contribution in [0.2, 0.25) is 0 Å². The van der Waals surface area contributed by atoms with Gasteiger partial charge in [0.1, 0.15) is 0 Å². The largest absolute Gasteiger partial charge is 0.338 e. The van der Waals surface area contributed by atoms with Gasteiger partial charge in [-0.25, -0.2) is 4.79 Å². The topological polar surface area (TPSA) is 50.2 Å². The maximum atomic E-state index is 12.3. The summed E-state index contributed by atoms with van der Waals surface area (Å²) in [6.45, 7) is 11.7. The Labute approximate surface area is 134 Å². The Morgan fingerprint density at radius 3 is 2.77 bits per heavy atom. The molecule has 0 bridgehead atoms. The summed E-state index contributed by atoms with van der Waals surface area (Å²) in [6, 6.07) is 2.18. The van der Waals surface area contributed by atoms with Crippen LogP contribution in [-0.4, -0.2) is 40.3 Å². The third kappa shape index (κ3) is 5.04. The number of carbonyl (C=O) groups excluding carboxylic acids is 1. The number of aromatic nitrogens is 2. The number of rotatable bonds is 8. The van der Waals surface area contributed by atoms with Gasteiger partial charge in [0.15, 0.2) is 0 Å². The second kappa shape index (κ2) is 7.65. The maximum Gasteiger partial charge on any atom is 0.317 e. The molecule has 1 heterocycles. The molecule has 2 rings (SSSR count). The second-order valence-corrected chi connectivity index (χ2v) is 6.79. The first-order chi connectivity index (χ1) is 10.5. The van der Waals surface area contributed by atoms with Gasteiger partial charge in [-0.05, 0) is 51.0 Å². The smallest absolute Gasteiger partial charge is 0.317 e. The average molecular weight is 306 g/mol. The molecule has 5 heteroatoms. The summed E-state index contributed by atoms with van der Waals surface area (Å²) in [5, 5.41) is 7.58. The summed E-state index contributed by atoms with van der Waals surface area (Å²) in [7, 11) is 0. The van der Waals surface area contributed by atoms with Gasteiger partial charge in [0.05, 0.1) is 5.69 Å². The molecule has 1 aromatic heterocycles. The van der Waals surface area contributed by atoms with Crippen molar-refractivity contribution in [2.45, 2.75) is 53.5 Å². The summed E-state index contributed by atoms with van der Waals surface area (Å²) < 4.78 is 2.03. The SMILES string of the molecule is CCCN(CC1CC1)C(=O)NCC(C)Cn1nc(C)cc1C. The van der Waals surface area contributed by atoms with Crippen LogP contribution in [-0.2, 0) is 6.54 Å². The van der Waals surface area contributed by atoms with E-state index >= 15 is 0 Å². The predicted octanol–water partition coefficient (Wildman–Crippen LogP) is 2.97. The molecule has 2 amide bonds. The fourth-order valence-corrected chi connectivity index (χ4v) is 2.75. The molecule has 0 aliphatic heterocycles. The molecule has 5 nitrogen and oxygen atoms in total. The van der Waals surface area contributed by atoms with Gasteiger partial charge in [0, 0.05) is 31.9 Å². The number of hydrogen-bond donors (Lipinski definition) is 1. The first-order valence-electron chi connectivity index (χ1n) is 8.53. The van der Waals surface area contributed by atoms with E-state index in [9.17, 15) is 4.79 Å². The summed E-state index contributed by atoms with van der Waals surface area (Å²) in [6.07, 6.45) is 3.57. The minimum Gasteiger partial charge on any atom is -0.338 e. The first kappa shape index (κ1) is 16.8. The average Bonchev–Trinajstić information content (AvgIpc) is 3.22. The van der Waals surface area contributed by atoms with Crippen LogP contribution in [0.1, 0.15) is 44.5 Å². The van der Waals surface area contributed by atoms with Crippen LogP contribution >= 0.6 is 0 Å². The van der Waals surface area contributed by atoms with E-state index in [0.29, 0.717) is 12.5 Å². The monoisotopic (exact) mass is 306 g/mol. The zero-order valence-corrected chi connectivity index (χ0v) is 14.4. The number of nitrogens with one attached hydrogen (secondary N) is 1. The van der Waals surface area contributed by atoms with Crippen molar-refractivity contribution in [2.75, 3.05) is 19.6 Å². The lowest BCUT2D eigenvalue weighted by Gasteiger charge is -2.23. The fraction of sp³-hybridized carbons (Fsp3) is 0.765. The standard InChI is InChI=1S/C17H30N4O/c1-5-8-20(12-16-6-7-16)17(22)18-10-13(2)11-21-15(4)9-14(3)19-21/h9,13,16H,5-8,10-12H2,1-4H3,(H,18,22). The minimum absolute atomic E-state index is 0.0916. The number of hydrogen-bond acceptors (Lipinski definition) is 2. The van der Waals surface area contributed by atoms with E-state index in [1.807, 2.05) is 16.5 Å². The van der Waals surface area contributed by atoms with Crippen LogP contribution in [0.15, 0.2) is 6.07 Å². The lowest BCUT2D eigenvalue weighted by molar-refractivity contribution is 0.193. The van der Waals surface area contributed by atoms with Gasteiger partial charge in [-0.15, -0.1) is 0 Å². The van der Waals surface area contributed by atoms with Crippen LogP contribution in [0.25, 0.3) is 0 Å². The van der Waals surface area contributed by atoms with Gasteiger partial charge in [-0.1, -0.05) is 13.8 Å². The van der Waals surface area contributed by atoms with Crippen LogP contribution in [0, 0.1) is 25.7 Å². The molecular formula is C17H30N4O. The van der Waals surface area contributed by atoms with Crippen molar-refractivity contribution in [3.8, 4) is 0 Å². The predicted molar refractivity (Wildman–Crippen MR) is 88.9 cm³/mol. The van der Waals surface area contributed by atoms with Gasteiger partial charge in [0.25, 0.3) is 0 Å². The second-order valence-electron chi connectivity index (χ2n) is 6.79. The molecule has 1 atom stereocenters. The molecule has 0 saturated heterocycles. The molecule has 1 fully saturated rings. The molecule has 1 aliphatic carbocycles. The Morgan fingerprint density at radius 2 is 2.23 bits per heavy atom. The van der Waals surface area contributed by atoms with E-state index < -0.39 is 0 Å². The van der Waals surface area contributed by atoms with E-state index in [1.54, 1.807) is 0 Å². The quantitative estimate of drug-likeness (QED) is 0.803. The highest BCUT2D eigenvalue weighted by molar-refractivity contribution is 5.74. The van der Waals surface area contributed by atoms with E-state index in [-0.39, 0.29) is 6.03 Å². The summed E-state index contributed by atoms with van der Waals surface area (Å²) >= 11 is 0. The summed E-state index contributed by atoms with van der Waals surface area (Å²) in [5.74, 6) is 1.11. The zero-order valence-electron chi connectivity index (χ0n) is 14.4. The Hall–Kier alpha value is -1.52. The maximum absolute atomic E-state index is 12.3. The molecular weight excluding hydrogens is 276 g/mol. The van der Waals surface area contributed by atoms with E-state index in [0.717, 1.165) is 37.7 Å². The number of carbonyl (C=O) groups is 1. The number of nitrogens with zero attached hydrogens (tertiary/aromatic N) is 3. The highest BCUT2D eigenvalue weighted by Gasteiger charge is 2.26. The molecule has 0 spiro atoms. The number of urea groups is 1. The zero-order chi connectivity index (χ0) is 16.1. The van der Waals surface area contributed by atoms with Gasteiger partial charge >= 0.3 is 6.03 Å². The van der Waals surface area contributed by atoms with Crippen molar-refractivity contribution in [3.05, 3.63) is 17.5 Å². The van der Waals surface area contributed by atoms with Crippen molar-refractivity contribution < 1.29 is 4.79 Å². The normalized spacial score (nSPS) is 15.6. The van der Waals surface area contributed by atoms with Crippen LogP contribution in [0.5, 0.6) is 0 Å². The highest BCUT2D eigenvalue weighted by Crippen LogP contribution is 2.29. The molecule has 1 aliphatic rings. The first-order valence-corrected chi connectivity index (χ1v) is 8.53. The third-order valence-electron chi connectivity index (χ3n) is 4.15. The van der Waals surface area contributed by atoms with Crippen molar-refractivity contribution in [2.24, 2.45) is 11.8 Å². The summed E-state index contributed by atoms with van der Waals surface area (Å²) in [5.41, 5.74) is 2.23. The molecule has 0 aromatic carbocycles. The van der Waals surface area contributed by atoms with E-state index in [1.165, 1.54) is 18.5 Å². The molecule has 22 heavy (non-hydrogen) atoms. The Morgan fingerprint density at radius 1 is 1.50 bits per heavy atom. The molecule has 124 valence electrons. The van der Waals surface area contributed by atoms with E-state index in [2.05, 4.69) is 37.3 Å². The van der Waals surface area contributed by atoms with Crippen molar-refractivity contribution in [1.29, 1.82) is 0 Å². The fourth-order valence-electron chi connectivity index (χ4n) is 2.75. The Kier molecular flexibility index (Phi) is 5.86. The van der Waals surface area contributed by atoms with Gasteiger partial charge < -0.3 is 10.2 Å². The van der Waals surface area contributed by atoms with Crippen LogP contribution < -0.4 is 5.32 Å². The number of amides is 2. The van der Waals surface area contributed by atoms with Gasteiger partial charge in [0.2, 0.25) is 0 Å². The summed E-state index contributed by atoms with van der Waals surface area (Å²) in [4.78, 5) is 14.3. The molecule has 1 unspecified atom stereocenters. The van der Waals surface area contributed by atoms with Crippen molar-refractivity contribution in [3.63, 3.8) is 0 Å². The Balaban J connectivity index is 1.77. The minimum atomic E-state index is 0.0916. The Bertz CT molecular complexity index is 493. The molecule has 1 aromatic rings. The van der Waals surface area contributed by atoms with Crippen LogP contribution in [0.3, 0.4) is 0 Å². The van der Waals surface area contributed by atoms with Crippen molar-refractivity contribution >= 4 is 6.03 Å². The molecule has 1 N–H and O–H groups in total. The lowest BCUT2D eigenvalue weighted by Crippen LogP contribution is -2.43. The molecule has 0 radical (unpaired) electrons. The lowest BCUT2D eigenvalue weighted by atomic mass is 10.2. The van der Waals surface area contributed by atoms with Gasteiger partial charge in [-0.2, -0.15) is 5.10 Å². The van der Waals surface area contributed by atoms with Crippen molar-refractivity contribution in [1.82, 2.24) is 20.0 Å². The molecule has 1 saturated carbocycles. The third-order valence-corrected chi connectivity index (χ3v) is 4.15. The highest BCUT2D eigenvalue weighted by atomic mass is 16.2. The van der Waals surface area contributed by atoms with Gasteiger partial charge in [-0.3, -0.25) is 4.68 Å².